The number of carbonyl (C=O) groups excluding carboxylic acids is 4. The van der Waals surface area contributed by atoms with Crippen LogP contribution in [0, 0.1) is 22.2 Å². The molecular weight excluding hydrogens is 755 g/mol. The maximum absolute atomic E-state index is 13.4. The number of aliphatic hydroxyl groups is 1. The number of nitrogens with one attached hydrogen (secondary N) is 2. The second kappa shape index (κ2) is 16.3. The number of piperidine rings is 1. The van der Waals surface area contributed by atoms with Crippen molar-refractivity contribution in [3.63, 3.8) is 0 Å². The van der Waals surface area contributed by atoms with Gasteiger partial charge in [-0.2, -0.15) is 5.26 Å². The summed E-state index contributed by atoms with van der Waals surface area (Å²) in [5, 5.41) is 27.0. The van der Waals surface area contributed by atoms with Gasteiger partial charge in [-0.3, -0.25) is 34.4 Å². The van der Waals surface area contributed by atoms with Crippen LogP contribution in [-0.4, -0.2) is 83.2 Å². The Morgan fingerprint density at radius 3 is 2.29 bits per heavy atom. The third-order valence-corrected chi connectivity index (χ3v) is 11.7. The summed E-state index contributed by atoms with van der Waals surface area (Å²) in [5.74, 6) is 0.0822. The quantitative estimate of drug-likeness (QED) is 0.103. The van der Waals surface area contributed by atoms with Gasteiger partial charge in [-0.15, -0.1) is 0 Å². The molecule has 4 aromatic rings. The summed E-state index contributed by atoms with van der Waals surface area (Å²) in [6, 6.07) is 20.3. The Labute approximate surface area is 342 Å². The Morgan fingerprint density at radius 1 is 0.932 bits per heavy atom. The summed E-state index contributed by atoms with van der Waals surface area (Å²) in [4.78, 5) is 56.3. The molecule has 1 aliphatic carbocycles. The molecule has 0 spiro atoms. The molecule has 3 aromatic carbocycles. The van der Waals surface area contributed by atoms with Crippen LogP contribution in [0.25, 0.3) is 10.9 Å². The van der Waals surface area contributed by atoms with Crippen molar-refractivity contribution < 1.29 is 43.2 Å². The van der Waals surface area contributed by atoms with Gasteiger partial charge in [-0.25, -0.2) is 0 Å². The minimum absolute atomic E-state index is 0.0878. The first-order valence-corrected chi connectivity index (χ1v) is 19.9. The highest BCUT2D eigenvalue weighted by molar-refractivity contribution is 6.06. The lowest BCUT2D eigenvalue weighted by atomic mass is 9.49. The highest BCUT2D eigenvalue weighted by Crippen LogP contribution is 2.56. The fourth-order valence-corrected chi connectivity index (χ4v) is 9.02. The lowest BCUT2D eigenvalue weighted by molar-refractivity contribution is -0.163. The van der Waals surface area contributed by atoms with E-state index < -0.39 is 40.3 Å². The number of carbonyl (C=O) groups is 4. The van der Waals surface area contributed by atoms with E-state index in [0.29, 0.717) is 78.7 Å². The van der Waals surface area contributed by atoms with E-state index in [0.717, 1.165) is 10.3 Å². The number of fused-ring (bicyclic) bond motifs is 2. The zero-order valence-electron chi connectivity index (χ0n) is 33.9. The summed E-state index contributed by atoms with van der Waals surface area (Å²) >= 11 is 0. The maximum Gasteiger partial charge on any atom is 0.257 e. The molecule has 308 valence electrons. The van der Waals surface area contributed by atoms with Crippen molar-refractivity contribution in [2.45, 2.75) is 84.2 Å². The molecule has 3 aliphatic rings. The van der Waals surface area contributed by atoms with Crippen LogP contribution in [0.3, 0.4) is 0 Å². The third kappa shape index (κ3) is 7.92. The van der Waals surface area contributed by atoms with Gasteiger partial charge in [0.1, 0.15) is 35.5 Å². The van der Waals surface area contributed by atoms with Crippen LogP contribution < -0.4 is 24.8 Å². The van der Waals surface area contributed by atoms with Crippen LogP contribution in [-0.2, 0) is 20.1 Å². The first kappa shape index (κ1) is 41.1. The summed E-state index contributed by atoms with van der Waals surface area (Å²) in [5.41, 5.74) is -0.246. The van der Waals surface area contributed by atoms with Crippen LogP contribution in [0.2, 0.25) is 0 Å². The van der Waals surface area contributed by atoms with Crippen LogP contribution >= 0.6 is 0 Å². The van der Waals surface area contributed by atoms with Gasteiger partial charge in [0.25, 0.3) is 11.8 Å². The number of imide groups is 1. The average molecular weight is 804 g/mol. The fraction of sp³-hybridized carbons (Fsp3) is 0.422. The minimum Gasteiger partial charge on any atom is -0.494 e. The zero-order valence-corrected chi connectivity index (χ0v) is 33.9. The molecule has 1 aromatic heterocycles. The molecule has 59 heavy (non-hydrogen) atoms. The lowest BCUT2D eigenvalue weighted by Gasteiger charge is -2.63. The number of pyridine rings is 1. The van der Waals surface area contributed by atoms with Gasteiger partial charge in [0.15, 0.2) is 5.72 Å². The van der Waals surface area contributed by atoms with E-state index in [1.54, 1.807) is 54.7 Å². The summed E-state index contributed by atoms with van der Waals surface area (Å²) in [7, 11) is 0. The van der Waals surface area contributed by atoms with Crippen molar-refractivity contribution in [3.8, 4) is 23.3 Å². The molecule has 2 aliphatic heterocycles. The second-order valence-electron chi connectivity index (χ2n) is 16.6. The number of amides is 4. The first-order chi connectivity index (χ1) is 28.1. The number of rotatable bonds is 15. The summed E-state index contributed by atoms with van der Waals surface area (Å²) in [6.45, 7) is 11.5. The summed E-state index contributed by atoms with van der Waals surface area (Å²) in [6.07, 6.45) is 2.94. The Kier molecular flexibility index (Phi) is 11.4. The van der Waals surface area contributed by atoms with Gasteiger partial charge in [-0.05, 0) is 80.1 Å². The smallest absolute Gasteiger partial charge is 0.257 e. The topological polar surface area (TPSA) is 189 Å². The molecule has 14 heteroatoms. The number of benzene rings is 3. The predicted molar refractivity (Wildman–Crippen MR) is 216 cm³/mol. The summed E-state index contributed by atoms with van der Waals surface area (Å²) < 4.78 is 24.1. The van der Waals surface area contributed by atoms with E-state index >= 15 is 0 Å². The highest BCUT2D eigenvalue weighted by atomic mass is 16.5. The molecule has 0 radical (unpaired) electrons. The van der Waals surface area contributed by atoms with Crippen LogP contribution in [0.5, 0.6) is 17.2 Å². The molecular formula is C45H49N5O9. The second-order valence-corrected chi connectivity index (χ2v) is 16.6. The van der Waals surface area contributed by atoms with E-state index in [1.165, 1.54) is 6.92 Å². The average Bonchev–Trinajstić information content (AvgIpc) is 3.41. The monoisotopic (exact) mass is 803 g/mol. The van der Waals surface area contributed by atoms with Gasteiger partial charge in [-0.1, -0.05) is 27.7 Å². The SMILES string of the molecule is CC1(O)c2ccc(OCCCOCCCOc3ccc(C(=O)N[C@H]4C(C)(C)[C@H](Oc5ccc(C#N)c6ncccc56)C4(C)C)cc3)cc2C(=O)N1C1CCC(=O)NC1=O. The maximum atomic E-state index is 13.4. The third-order valence-electron chi connectivity index (χ3n) is 11.7. The Hall–Kier alpha value is -6.04. The van der Waals surface area contributed by atoms with Crippen LogP contribution in [0.15, 0.2) is 72.9 Å². The largest absolute Gasteiger partial charge is 0.494 e. The minimum atomic E-state index is -1.71. The first-order valence-electron chi connectivity index (χ1n) is 19.9. The van der Waals surface area contributed by atoms with Crippen LogP contribution in [0.4, 0.5) is 0 Å². The molecule has 3 N–H and O–H groups in total. The molecule has 7 rings (SSSR count). The van der Waals surface area contributed by atoms with Gasteiger partial charge in [0.2, 0.25) is 11.8 Å². The van der Waals surface area contributed by atoms with Gasteiger partial charge in [0.05, 0.1) is 29.9 Å². The van der Waals surface area contributed by atoms with Crippen molar-refractivity contribution in [1.82, 2.24) is 20.5 Å². The van der Waals surface area contributed by atoms with E-state index in [4.69, 9.17) is 18.9 Å². The molecule has 1 saturated carbocycles. The van der Waals surface area contributed by atoms with E-state index in [9.17, 15) is 29.5 Å². The van der Waals surface area contributed by atoms with Crippen molar-refractivity contribution >= 4 is 34.5 Å². The van der Waals surface area contributed by atoms with E-state index in [2.05, 4.69) is 49.4 Å². The Balaban J connectivity index is 0.807. The molecule has 2 unspecified atom stereocenters. The van der Waals surface area contributed by atoms with Gasteiger partial charge < -0.3 is 29.4 Å². The number of nitriles is 1. The van der Waals surface area contributed by atoms with Crippen LogP contribution in [0.1, 0.15) is 92.1 Å². The van der Waals surface area contributed by atoms with E-state index in [1.807, 2.05) is 18.2 Å². The standard InChI is InChI=1S/C45H49N5O9/c1-43(2)41(44(3,4)42(43)59-35-18-12-28(26-46)37-31(35)9-6-20-47-37)49-38(52)27-10-13-29(14-11-27)57-23-7-21-56-22-8-24-58-30-15-16-33-32(25-30)40(54)50(45(33,5)55)34-17-19-36(51)48-39(34)53/h6,9-16,18,20,25,34,41-42,55H,7-8,17,19,21-24H2,1-5H3,(H,49,52)(H,48,51,53)/t34?,41-,42-,45?. The number of hydrogen-bond acceptors (Lipinski definition) is 11. The fourth-order valence-electron chi connectivity index (χ4n) is 9.02. The van der Waals surface area contributed by atoms with Crippen molar-refractivity contribution in [2.75, 3.05) is 26.4 Å². The molecule has 3 heterocycles. The molecule has 2 fully saturated rings. The van der Waals surface area contributed by atoms with Gasteiger partial charge >= 0.3 is 0 Å². The molecule has 4 amide bonds. The predicted octanol–water partition coefficient (Wildman–Crippen LogP) is 5.40. The molecule has 2 atom stereocenters. The lowest BCUT2D eigenvalue weighted by Crippen LogP contribution is -2.74. The normalized spacial score (nSPS) is 22.8. The highest BCUT2D eigenvalue weighted by Gasteiger charge is 2.64. The van der Waals surface area contributed by atoms with Crippen molar-refractivity contribution in [3.05, 3.63) is 95.2 Å². The number of aromatic nitrogens is 1. The number of nitrogens with zero attached hydrogens (tertiary/aromatic N) is 3. The molecule has 1 saturated heterocycles. The van der Waals surface area contributed by atoms with Crippen molar-refractivity contribution in [1.29, 1.82) is 5.26 Å². The van der Waals surface area contributed by atoms with E-state index in [-0.39, 0.29) is 36.5 Å². The molecule has 0 bridgehead atoms. The number of hydrogen-bond donors (Lipinski definition) is 3. The van der Waals surface area contributed by atoms with Gasteiger partial charge in [0, 0.05) is 72.1 Å². The zero-order chi connectivity index (χ0) is 42.1. The van der Waals surface area contributed by atoms with Crippen molar-refractivity contribution in [2.24, 2.45) is 10.8 Å². The number of ether oxygens (including phenoxy) is 4. The molecule has 14 nitrogen and oxygen atoms in total. The Bertz CT molecular complexity index is 2300. The Morgan fingerprint density at radius 2 is 1.61 bits per heavy atom.